The number of hydrogen-bond donors (Lipinski definition) is 0. The third-order valence-electron chi connectivity index (χ3n) is 3.60. The Morgan fingerprint density at radius 1 is 1.00 bits per heavy atom. The number of halogens is 1. The Bertz CT molecular complexity index is 657. The molecule has 5 nitrogen and oxygen atoms in total. The Hall–Kier alpha value is -2.08. The van der Waals surface area contributed by atoms with Crippen LogP contribution in [0.5, 0.6) is 0 Å². The Labute approximate surface area is 159 Å². The molecule has 0 fully saturated rings. The van der Waals surface area contributed by atoms with Gasteiger partial charge in [-0.25, -0.2) is 4.79 Å². The molecule has 0 N–H and O–H groups in total. The van der Waals surface area contributed by atoms with Crippen LogP contribution in [0.2, 0.25) is 5.02 Å². The van der Waals surface area contributed by atoms with Gasteiger partial charge in [-0.1, -0.05) is 41.9 Å². The second-order valence-electron chi connectivity index (χ2n) is 5.47. The normalized spacial score (nSPS) is 10.8. The molecule has 0 saturated heterocycles. The minimum absolute atomic E-state index is 0.192. The van der Waals surface area contributed by atoms with E-state index in [1.165, 1.54) is 4.90 Å². The van der Waals surface area contributed by atoms with E-state index in [0.717, 1.165) is 5.56 Å². The van der Waals surface area contributed by atoms with E-state index in [2.05, 4.69) is 0 Å². The van der Waals surface area contributed by atoms with E-state index in [1.54, 1.807) is 24.3 Å². The van der Waals surface area contributed by atoms with Crippen molar-refractivity contribution in [2.45, 2.75) is 26.7 Å². The molecule has 0 aromatic heterocycles. The molecule has 0 aliphatic carbocycles. The zero-order chi connectivity index (χ0) is 18.8. The zero-order valence-corrected chi connectivity index (χ0v) is 15.8. The molecule has 2 rings (SSSR count). The molecule has 140 valence electrons. The van der Waals surface area contributed by atoms with Gasteiger partial charge in [-0.05, 0) is 43.7 Å². The van der Waals surface area contributed by atoms with E-state index in [4.69, 9.17) is 25.8 Å². The molecule has 2 aromatic carbocycles. The van der Waals surface area contributed by atoms with Gasteiger partial charge in [0, 0.05) is 23.9 Å². The molecule has 0 heterocycles. The van der Waals surface area contributed by atoms with Crippen molar-refractivity contribution >= 4 is 23.4 Å². The number of rotatable bonds is 9. The summed E-state index contributed by atoms with van der Waals surface area (Å²) in [5.41, 5.74) is 1.58. The fourth-order valence-corrected chi connectivity index (χ4v) is 2.50. The minimum atomic E-state index is -0.537. The number of amides is 1. The van der Waals surface area contributed by atoms with Gasteiger partial charge in [0.2, 0.25) is 0 Å². The minimum Gasteiger partial charge on any atom is -0.444 e. The lowest BCUT2D eigenvalue weighted by Gasteiger charge is -2.27. The quantitative estimate of drug-likeness (QED) is 0.584. The second kappa shape index (κ2) is 10.8. The number of carbonyl (C=O) groups is 1. The summed E-state index contributed by atoms with van der Waals surface area (Å²) in [4.78, 5) is 14.2. The monoisotopic (exact) mass is 377 g/mol. The standard InChI is InChI=1S/C20H24ClNO4/c1-3-24-19(25-4-2)14-22(18-12-10-17(21)11-13-18)20(23)26-15-16-8-6-5-7-9-16/h5-13,19H,3-4,14-15H2,1-2H3. The van der Waals surface area contributed by atoms with Crippen LogP contribution in [-0.2, 0) is 20.8 Å². The Kier molecular flexibility index (Phi) is 8.41. The molecule has 6 heteroatoms. The van der Waals surface area contributed by atoms with Crippen molar-refractivity contribution in [3.05, 3.63) is 65.2 Å². The number of carbonyl (C=O) groups excluding carboxylic acids is 1. The van der Waals surface area contributed by atoms with E-state index >= 15 is 0 Å². The van der Waals surface area contributed by atoms with Crippen molar-refractivity contribution in [2.75, 3.05) is 24.7 Å². The van der Waals surface area contributed by atoms with Gasteiger partial charge in [0.05, 0.1) is 6.54 Å². The smallest absolute Gasteiger partial charge is 0.414 e. The largest absolute Gasteiger partial charge is 0.444 e. The van der Waals surface area contributed by atoms with Crippen molar-refractivity contribution in [3.63, 3.8) is 0 Å². The molecule has 0 saturated carbocycles. The summed E-state index contributed by atoms with van der Waals surface area (Å²) in [6, 6.07) is 16.5. The number of hydrogen-bond acceptors (Lipinski definition) is 4. The van der Waals surface area contributed by atoms with Crippen molar-refractivity contribution < 1.29 is 19.0 Å². The van der Waals surface area contributed by atoms with Gasteiger partial charge in [0.15, 0.2) is 6.29 Å². The first-order valence-corrected chi connectivity index (χ1v) is 8.98. The first-order chi connectivity index (χ1) is 12.6. The van der Waals surface area contributed by atoms with E-state index in [-0.39, 0.29) is 13.2 Å². The van der Waals surface area contributed by atoms with Gasteiger partial charge >= 0.3 is 6.09 Å². The Balaban J connectivity index is 2.12. The van der Waals surface area contributed by atoms with Crippen LogP contribution < -0.4 is 4.90 Å². The van der Waals surface area contributed by atoms with Gasteiger partial charge in [-0.3, -0.25) is 4.90 Å². The lowest BCUT2D eigenvalue weighted by molar-refractivity contribution is -0.129. The molecule has 0 aliphatic rings. The van der Waals surface area contributed by atoms with Crippen LogP contribution in [0.4, 0.5) is 10.5 Å². The Morgan fingerprint density at radius 2 is 1.62 bits per heavy atom. The summed E-state index contributed by atoms with van der Waals surface area (Å²) in [6.45, 7) is 5.14. The summed E-state index contributed by atoms with van der Waals surface area (Å²) in [7, 11) is 0. The van der Waals surface area contributed by atoms with Crippen LogP contribution in [0.1, 0.15) is 19.4 Å². The maximum absolute atomic E-state index is 12.7. The average Bonchev–Trinajstić information content (AvgIpc) is 2.66. The van der Waals surface area contributed by atoms with Crippen LogP contribution >= 0.6 is 11.6 Å². The van der Waals surface area contributed by atoms with Gasteiger partial charge in [-0.2, -0.15) is 0 Å². The summed E-state index contributed by atoms with van der Waals surface area (Å²) in [5.74, 6) is 0. The highest BCUT2D eigenvalue weighted by atomic mass is 35.5. The van der Waals surface area contributed by atoms with Crippen LogP contribution in [0, 0.1) is 0 Å². The van der Waals surface area contributed by atoms with E-state index in [0.29, 0.717) is 23.9 Å². The summed E-state index contributed by atoms with van der Waals surface area (Å²) in [6.07, 6.45) is -1.01. The molecule has 26 heavy (non-hydrogen) atoms. The highest BCUT2D eigenvalue weighted by Gasteiger charge is 2.22. The molecule has 0 spiro atoms. The third-order valence-corrected chi connectivity index (χ3v) is 3.85. The second-order valence-corrected chi connectivity index (χ2v) is 5.90. The molecule has 0 atom stereocenters. The van der Waals surface area contributed by atoms with Gasteiger partial charge in [-0.15, -0.1) is 0 Å². The topological polar surface area (TPSA) is 48.0 Å². The van der Waals surface area contributed by atoms with Gasteiger partial charge in [0.25, 0.3) is 0 Å². The average molecular weight is 378 g/mol. The van der Waals surface area contributed by atoms with Crippen molar-refractivity contribution in [1.82, 2.24) is 0 Å². The molecular weight excluding hydrogens is 354 g/mol. The maximum atomic E-state index is 12.7. The first kappa shape index (κ1) is 20.2. The molecule has 1 amide bonds. The zero-order valence-electron chi connectivity index (χ0n) is 15.1. The molecule has 0 unspecified atom stereocenters. The molecule has 0 aliphatic heterocycles. The van der Waals surface area contributed by atoms with E-state index < -0.39 is 12.4 Å². The summed E-state index contributed by atoms with van der Waals surface area (Å²) >= 11 is 5.96. The number of benzene rings is 2. The third kappa shape index (κ3) is 6.33. The fourth-order valence-electron chi connectivity index (χ4n) is 2.38. The van der Waals surface area contributed by atoms with Crippen LogP contribution in [0.3, 0.4) is 0 Å². The van der Waals surface area contributed by atoms with Gasteiger partial charge < -0.3 is 14.2 Å². The highest BCUT2D eigenvalue weighted by molar-refractivity contribution is 6.30. The number of anilines is 1. The summed E-state index contributed by atoms with van der Waals surface area (Å²) < 4.78 is 16.6. The Morgan fingerprint density at radius 3 is 2.19 bits per heavy atom. The molecule has 0 radical (unpaired) electrons. The molecular formula is C20H24ClNO4. The van der Waals surface area contributed by atoms with Crippen LogP contribution in [0.15, 0.2) is 54.6 Å². The fraction of sp³-hybridized carbons (Fsp3) is 0.350. The lowest BCUT2D eigenvalue weighted by atomic mass is 10.2. The first-order valence-electron chi connectivity index (χ1n) is 8.61. The van der Waals surface area contributed by atoms with Crippen molar-refractivity contribution in [2.24, 2.45) is 0 Å². The van der Waals surface area contributed by atoms with Crippen molar-refractivity contribution in [1.29, 1.82) is 0 Å². The molecule has 0 bridgehead atoms. The van der Waals surface area contributed by atoms with E-state index in [9.17, 15) is 4.79 Å². The number of nitrogens with zero attached hydrogens (tertiary/aromatic N) is 1. The molecule has 2 aromatic rings. The van der Waals surface area contributed by atoms with Gasteiger partial charge in [0.1, 0.15) is 6.61 Å². The highest BCUT2D eigenvalue weighted by Crippen LogP contribution is 2.20. The predicted octanol–water partition coefficient (Wildman–Crippen LogP) is 4.88. The van der Waals surface area contributed by atoms with Crippen molar-refractivity contribution in [3.8, 4) is 0 Å². The lowest BCUT2D eigenvalue weighted by Crippen LogP contribution is -2.40. The maximum Gasteiger partial charge on any atom is 0.414 e. The number of ether oxygens (including phenoxy) is 3. The van der Waals surface area contributed by atoms with Crippen LogP contribution in [-0.4, -0.2) is 32.1 Å². The van der Waals surface area contributed by atoms with Crippen LogP contribution in [0.25, 0.3) is 0 Å². The van der Waals surface area contributed by atoms with E-state index in [1.807, 2.05) is 44.2 Å². The predicted molar refractivity (Wildman–Crippen MR) is 102 cm³/mol. The summed E-state index contributed by atoms with van der Waals surface area (Å²) in [5, 5.41) is 0.595. The SMILES string of the molecule is CCOC(CN(C(=O)OCc1ccccc1)c1ccc(Cl)cc1)OCC.